The molecule has 0 spiro atoms. The third kappa shape index (κ3) is 3.85. The van der Waals surface area contributed by atoms with Gasteiger partial charge in [-0.2, -0.15) is 0 Å². The van der Waals surface area contributed by atoms with Gasteiger partial charge in [0.25, 0.3) is 0 Å². The van der Waals surface area contributed by atoms with Crippen LogP contribution in [0.25, 0.3) is 0 Å². The average Bonchev–Trinajstić information content (AvgIpc) is 2.39. The fraction of sp³-hybridized carbons (Fsp3) is 0.308. The Kier molecular flexibility index (Phi) is 5.87. The molecule has 98 valence electrons. The van der Waals surface area contributed by atoms with Crippen molar-refractivity contribution in [3.05, 3.63) is 47.3 Å². The molecule has 0 aliphatic rings. The van der Waals surface area contributed by atoms with Crippen molar-refractivity contribution in [2.75, 3.05) is 6.54 Å². The van der Waals surface area contributed by atoms with Gasteiger partial charge in [0, 0.05) is 12.1 Å². The second kappa shape index (κ2) is 7.45. The number of allylic oxidation sites excluding steroid dienone is 1. The van der Waals surface area contributed by atoms with Gasteiger partial charge in [-0.3, -0.25) is 0 Å². The number of nitrogens with two attached hydrogens (primary N) is 1. The molecular weight excluding hydrogens is 233 g/mol. The van der Waals surface area contributed by atoms with Crippen molar-refractivity contribution in [3.63, 3.8) is 0 Å². The normalized spacial score (nSPS) is 12.2. The van der Waals surface area contributed by atoms with Crippen molar-refractivity contribution in [2.24, 2.45) is 10.9 Å². The third-order valence-corrected chi connectivity index (χ3v) is 2.50. The lowest BCUT2D eigenvalue weighted by atomic mass is 10.1. The van der Waals surface area contributed by atoms with Gasteiger partial charge in [-0.15, -0.1) is 0 Å². The second-order valence-electron chi connectivity index (χ2n) is 3.80. The minimum absolute atomic E-state index is 0.116. The molecule has 0 aliphatic heterocycles. The van der Waals surface area contributed by atoms with Crippen LogP contribution in [0.5, 0.6) is 0 Å². The van der Waals surface area contributed by atoms with Gasteiger partial charge in [0.2, 0.25) is 0 Å². The number of hydrogen-bond acceptors (Lipinski definition) is 3. The van der Waals surface area contributed by atoms with Gasteiger partial charge < -0.3 is 16.3 Å². The Balaban J connectivity index is 2.67. The van der Waals surface area contributed by atoms with Crippen LogP contribution in [0, 0.1) is 5.82 Å². The monoisotopic (exact) mass is 251 g/mol. The maximum Gasteiger partial charge on any atom is 0.173 e. The van der Waals surface area contributed by atoms with E-state index in [0.29, 0.717) is 12.1 Å². The Hall–Kier alpha value is -1.88. The fourth-order valence-corrected chi connectivity index (χ4v) is 1.54. The van der Waals surface area contributed by atoms with Crippen molar-refractivity contribution in [3.8, 4) is 0 Å². The molecule has 1 aromatic rings. The number of halogens is 1. The van der Waals surface area contributed by atoms with Crippen molar-refractivity contribution >= 4 is 5.84 Å². The topological polar surface area (TPSA) is 70.6 Å². The molecule has 18 heavy (non-hydrogen) atoms. The number of nitrogens with one attached hydrogen (secondary N) is 1. The Morgan fingerprint density at radius 2 is 2.33 bits per heavy atom. The summed E-state index contributed by atoms with van der Waals surface area (Å²) < 4.78 is 14.0. The highest BCUT2D eigenvalue weighted by molar-refractivity contribution is 5.97. The number of benzene rings is 1. The maximum atomic E-state index is 14.0. The molecule has 0 atom stereocenters. The molecule has 5 heteroatoms. The van der Waals surface area contributed by atoms with E-state index in [1.54, 1.807) is 12.1 Å². The fourth-order valence-electron chi connectivity index (χ4n) is 1.54. The summed E-state index contributed by atoms with van der Waals surface area (Å²) in [5, 5.41) is 14.5. The largest absolute Gasteiger partial charge is 0.409 e. The van der Waals surface area contributed by atoms with Crippen LogP contribution in [0.2, 0.25) is 0 Å². The Morgan fingerprint density at radius 3 is 3.00 bits per heavy atom. The first kappa shape index (κ1) is 14.2. The summed E-state index contributed by atoms with van der Waals surface area (Å²) in [4.78, 5) is 0. The Bertz CT molecular complexity index is 444. The molecule has 4 nitrogen and oxygen atoms in total. The summed E-state index contributed by atoms with van der Waals surface area (Å²) in [7, 11) is 0. The van der Waals surface area contributed by atoms with E-state index in [-0.39, 0.29) is 11.4 Å². The van der Waals surface area contributed by atoms with E-state index in [2.05, 4.69) is 10.5 Å². The first-order valence-electron chi connectivity index (χ1n) is 5.77. The smallest absolute Gasteiger partial charge is 0.173 e. The van der Waals surface area contributed by atoms with Crippen molar-refractivity contribution < 1.29 is 9.60 Å². The number of rotatable bonds is 6. The molecule has 1 aromatic carbocycles. The van der Waals surface area contributed by atoms with Crippen LogP contribution in [0.4, 0.5) is 4.39 Å². The molecule has 1 rings (SSSR count). The predicted octanol–water partition coefficient (Wildman–Crippen LogP) is 1.98. The molecule has 0 saturated carbocycles. The van der Waals surface area contributed by atoms with Crippen molar-refractivity contribution in [1.29, 1.82) is 0 Å². The van der Waals surface area contributed by atoms with Crippen LogP contribution in [-0.2, 0) is 6.54 Å². The first-order valence-corrected chi connectivity index (χ1v) is 5.77. The number of amidine groups is 1. The molecule has 0 aromatic heterocycles. The average molecular weight is 251 g/mol. The van der Waals surface area contributed by atoms with Gasteiger partial charge in [0.1, 0.15) is 5.82 Å². The summed E-state index contributed by atoms with van der Waals surface area (Å²) in [6, 6.07) is 4.83. The number of hydrogen-bond donors (Lipinski definition) is 3. The maximum absolute atomic E-state index is 14.0. The minimum Gasteiger partial charge on any atom is -0.409 e. The van der Waals surface area contributed by atoms with Gasteiger partial charge in [-0.1, -0.05) is 29.4 Å². The van der Waals surface area contributed by atoms with Crippen LogP contribution in [0.1, 0.15) is 24.5 Å². The highest BCUT2D eigenvalue weighted by Gasteiger charge is 2.10. The molecule has 0 bridgehead atoms. The lowest BCUT2D eigenvalue weighted by Gasteiger charge is -2.08. The van der Waals surface area contributed by atoms with Crippen LogP contribution in [-0.4, -0.2) is 17.6 Å². The zero-order valence-corrected chi connectivity index (χ0v) is 10.4. The standard InChI is InChI=1S/C13H18FN3O/c1-2-3-4-8-16-9-10-6-5-7-11(12(10)14)13(15)17-18/h2-3,5-7,16,18H,4,8-9H2,1H3,(H2,15,17)/b3-2+. The number of nitrogens with zero attached hydrogens (tertiary/aromatic N) is 1. The van der Waals surface area contributed by atoms with E-state index in [1.807, 2.05) is 19.1 Å². The lowest BCUT2D eigenvalue weighted by molar-refractivity contribution is 0.318. The van der Waals surface area contributed by atoms with Gasteiger partial charge in [0.15, 0.2) is 5.84 Å². The van der Waals surface area contributed by atoms with Gasteiger partial charge in [-0.05, 0) is 26.0 Å². The highest BCUT2D eigenvalue weighted by atomic mass is 19.1. The zero-order chi connectivity index (χ0) is 13.4. The van der Waals surface area contributed by atoms with Crippen LogP contribution in [0.3, 0.4) is 0 Å². The summed E-state index contributed by atoms with van der Waals surface area (Å²) in [6.07, 6.45) is 4.91. The van der Waals surface area contributed by atoms with Gasteiger partial charge in [0.05, 0.1) is 5.56 Å². The quantitative estimate of drug-likeness (QED) is 0.181. The summed E-state index contributed by atoms with van der Waals surface area (Å²) >= 11 is 0. The van der Waals surface area contributed by atoms with Crippen molar-refractivity contribution in [2.45, 2.75) is 19.9 Å². The lowest BCUT2D eigenvalue weighted by Crippen LogP contribution is -2.19. The molecule has 4 N–H and O–H groups in total. The van der Waals surface area contributed by atoms with E-state index in [0.717, 1.165) is 13.0 Å². The molecule has 0 amide bonds. The van der Waals surface area contributed by atoms with E-state index >= 15 is 0 Å². The van der Waals surface area contributed by atoms with Crippen LogP contribution in [0.15, 0.2) is 35.5 Å². The Morgan fingerprint density at radius 1 is 1.56 bits per heavy atom. The van der Waals surface area contributed by atoms with Crippen LogP contribution < -0.4 is 11.1 Å². The van der Waals surface area contributed by atoms with Crippen molar-refractivity contribution in [1.82, 2.24) is 5.32 Å². The molecule has 0 unspecified atom stereocenters. The van der Waals surface area contributed by atoms with Gasteiger partial charge in [-0.25, -0.2) is 4.39 Å². The minimum atomic E-state index is -0.452. The first-order chi connectivity index (χ1) is 8.70. The zero-order valence-electron chi connectivity index (χ0n) is 10.4. The van der Waals surface area contributed by atoms with Gasteiger partial charge >= 0.3 is 0 Å². The number of oxime groups is 1. The highest BCUT2D eigenvalue weighted by Crippen LogP contribution is 2.12. The van der Waals surface area contributed by atoms with E-state index < -0.39 is 5.82 Å². The van der Waals surface area contributed by atoms with E-state index in [9.17, 15) is 4.39 Å². The Labute approximate surface area is 106 Å². The second-order valence-corrected chi connectivity index (χ2v) is 3.80. The SMILES string of the molecule is C/C=C/CCNCc1cccc(/C(N)=N/O)c1F. The molecule has 0 saturated heterocycles. The molecule has 0 radical (unpaired) electrons. The predicted molar refractivity (Wildman–Crippen MR) is 70.0 cm³/mol. The molecule has 0 aliphatic carbocycles. The van der Waals surface area contributed by atoms with E-state index in [1.165, 1.54) is 6.07 Å². The summed E-state index contributed by atoms with van der Waals surface area (Å²) in [6.45, 7) is 3.15. The molecular formula is C13H18FN3O. The summed E-state index contributed by atoms with van der Waals surface area (Å²) in [5.74, 6) is -0.672. The van der Waals surface area contributed by atoms with E-state index in [4.69, 9.17) is 10.9 Å². The third-order valence-electron chi connectivity index (χ3n) is 2.50. The van der Waals surface area contributed by atoms with Crippen LogP contribution >= 0.6 is 0 Å². The molecule has 0 fully saturated rings. The molecule has 0 heterocycles. The summed E-state index contributed by atoms with van der Waals surface area (Å²) in [5.41, 5.74) is 6.00.